The van der Waals surface area contributed by atoms with E-state index in [4.69, 9.17) is 0 Å². The number of amides is 1. The highest BCUT2D eigenvalue weighted by Crippen LogP contribution is 2.28. The minimum atomic E-state index is -0.230. The zero-order valence-corrected chi connectivity index (χ0v) is 14.3. The summed E-state index contributed by atoms with van der Waals surface area (Å²) in [6.07, 6.45) is 3.32. The Morgan fingerprint density at radius 3 is 2.57 bits per heavy atom. The summed E-state index contributed by atoms with van der Waals surface area (Å²) >= 11 is 4.77. The molecule has 3 aromatic rings. The summed E-state index contributed by atoms with van der Waals surface area (Å²) in [5, 5.41) is 3.45. The number of halogens is 1. The minimum absolute atomic E-state index is 0.230. The molecule has 0 spiro atoms. The molecule has 1 amide bonds. The SMILES string of the molecule is O=C(Nc1ccc(Br)cn1)c1cccnc1Sc1ccccc1. The molecule has 0 unspecified atom stereocenters. The monoisotopic (exact) mass is 385 g/mol. The van der Waals surface area contributed by atoms with Crippen molar-refractivity contribution in [2.75, 3.05) is 5.32 Å². The number of hydrogen-bond donors (Lipinski definition) is 1. The lowest BCUT2D eigenvalue weighted by atomic mass is 10.2. The number of carbonyl (C=O) groups excluding carboxylic acids is 1. The molecule has 0 saturated carbocycles. The van der Waals surface area contributed by atoms with Crippen molar-refractivity contribution >= 4 is 39.4 Å². The van der Waals surface area contributed by atoms with Crippen LogP contribution in [0, 0.1) is 0 Å². The van der Waals surface area contributed by atoms with E-state index in [0.29, 0.717) is 16.4 Å². The number of aromatic nitrogens is 2. The van der Waals surface area contributed by atoms with Crippen molar-refractivity contribution in [2.24, 2.45) is 0 Å². The average Bonchev–Trinajstić information content (AvgIpc) is 2.58. The van der Waals surface area contributed by atoms with Crippen molar-refractivity contribution < 1.29 is 4.79 Å². The fourth-order valence-electron chi connectivity index (χ4n) is 1.88. The second-order valence-electron chi connectivity index (χ2n) is 4.59. The van der Waals surface area contributed by atoms with E-state index >= 15 is 0 Å². The van der Waals surface area contributed by atoms with E-state index in [0.717, 1.165) is 9.37 Å². The van der Waals surface area contributed by atoms with Crippen LogP contribution >= 0.6 is 27.7 Å². The predicted octanol–water partition coefficient (Wildman–Crippen LogP) is 4.64. The molecule has 0 saturated heterocycles. The molecule has 1 aromatic carbocycles. The standard InChI is InChI=1S/C17H12BrN3OS/c18-12-8-9-15(20-11-12)21-16(22)14-7-4-10-19-17(14)23-13-5-2-1-3-6-13/h1-11H,(H,20,21,22). The topological polar surface area (TPSA) is 54.9 Å². The molecule has 6 heteroatoms. The second kappa shape index (κ2) is 7.39. The van der Waals surface area contributed by atoms with E-state index < -0.39 is 0 Å². The van der Waals surface area contributed by atoms with Crippen LogP contribution < -0.4 is 5.32 Å². The Morgan fingerprint density at radius 2 is 1.83 bits per heavy atom. The molecule has 2 heterocycles. The lowest BCUT2D eigenvalue weighted by Crippen LogP contribution is -2.14. The fraction of sp³-hybridized carbons (Fsp3) is 0. The third-order valence-corrected chi connectivity index (χ3v) is 4.44. The van der Waals surface area contributed by atoms with Crippen LogP contribution in [0.3, 0.4) is 0 Å². The lowest BCUT2D eigenvalue weighted by Gasteiger charge is -2.08. The molecule has 3 rings (SSSR count). The molecule has 1 N–H and O–H groups in total. The second-order valence-corrected chi connectivity index (χ2v) is 6.56. The van der Waals surface area contributed by atoms with E-state index in [1.807, 2.05) is 36.4 Å². The summed E-state index contributed by atoms with van der Waals surface area (Å²) in [7, 11) is 0. The first-order valence-electron chi connectivity index (χ1n) is 6.83. The van der Waals surface area contributed by atoms with E-state index in [1.165, 1.54) is 11.8 Å². The molecule has 0 atom stereocenters. The van der Waals surface area contributed by atoms with E-state index in [9.17, 15) is 4.79 Å². The first kappa shape index (κ1) is 15.7. The third kappa shape index (κ3) is 4.18. The van der Waals surface area contributed by atoms with E-state index in [-0.39, 0.29) is 5.91 Å². The fourth-order valence-corrected chi connectivity index (χ4v) is 3.01. The first-order valence-corrected chi connectivity index (χ1v) is 8.44. The highest BCUT2D eigenvalue weighted by molar-refractivity contribution is 9.10. The molecule has 0 aliphatic heterocycles. The number of anilines is 1. The highest BCUT2D eigenvalue weighted by Gasteiger charge is 2.14. The van der Waals surface area contributed by atoms with Crippen molar-refractivity contribution in [3.8, 4) is 0 Å². The zero-order valence-electron chi connectivity index (χ0n) is 11.9. The van der Waals surface area contributed by atoms with Crippen molar-refractivity contribution in [3.63, 3.8) is 0 Å². The summed E-state index contributed by atoms with van der Waals surface area (Å²) in [4.78, 5) is 22.0. The highest BCUT2D eigenvalue weighted by atomic mass is 79.9. The van der Waals surface area contributed by atoms with Gasteiger partial charge in [-0.2, -0.15) is 0 Å². The van der Waals surface area contributed by atoms with Crippen LogP contribution in [0.1, 0.15) is 10.4 Å². The summed E-state index contributed by atoms with van der Waals surface area (Å²) in [6, 6.07) is 16.9. The predicted molar refractivity (Wildman–Crippen MR) is 94.7 cm³/mol. The average molecular weight is 386 g/mol. The van der Waals surface area contributed by atoms with Gasteiger partial charge in [-0.1, -0.05) is 30.0 Å². The van der Waals surface area contributed by atoms with Gasteiger partial charge in [-0.05, 0) is 52.3 Å². The number of rotatable bonds is 4. The van der Waals surface area contributed by atoms with Gasteiger partial charge in [0, 0.05) is 21.8 Å². The molecule has 0 fully saturated rings. The summed E-state index contributed by atoms with van der Waals surface area (Å²) in [6.45, 7) is 0. The van der Waals surface area contributed by atoms with Gasteiger partial charge in [0.05, 0.1) is 5.56 Å². The molecular weight excluding hydrogens is 374 g/mol. The molecule has 4 nitrogen and oxygen atoms in total. The maximum absolute atomic E-state index is 12.5. The van der Waals surface area contributed by atoms with Crippen molar-refractivity contribution in [2.45, 2.75) is 9.92 Å². The number of hydrogen-bond acceptors (Lipinski definition) is 4. The Morgan fingerprint density at radius 1 is 1.00 bits per heavy atom. The molecule has 0 bridgehead atoms. The van der Waals surface area contributed by atoms with Crippen LogP contribution in [0.25, 0.3) is 0 Å². The normalized spacial score (nSPS) is 10.3. The number of nitrogens with zero attached hydrogens (tertiary/aromatic N) is 2. The van der Waals surface area contributed by atoms with Gasteiger partial charge in [-0.15, -0.1) is 0 Å². The Bertz CT molecular complexity index is 810. The molecule has 0 aliphatic carbocycles. The van der Waals surface area contributed by atoms with Gasteiger partial charge < -0.3 is 5.32 Å². The van der Waals surface area contributed by atoms with Crippen LogP contribution in [0.4, 0.5) is 5.82 Å². The molecule has 23 heavy (non-hydrogen) atoms. The maximum atomic E-state index is 12.5. The summed E-state index contributed by atoms with van der Waals surface area (Å²) in [5.41, 5.74) is 0.520. The van der Waals surface area contributed by atoms with E-state index in [1.54, 1.807) is 30.6 Å². The zero-order chi connectivity index (χ0) is 16.1. The van der Waals surface area contributed by atoms with Crippen LogP contribution in [-0.2, 0) is 0 Å². The Kier molecular flexibility index (Phi) is 5.05. The first-order chi connectivity index (χ1) is 11.2. The van der Waals surface area contributed by atoms with Crippen molar-refractivity contribution in [3.05, 3.63) is 77.0 Å². The summed E-state index contributed by atoms with van der Waals surface area (Å²) in [5.74, 6) is 0.268. The van der Waals surface area contributed by atoms with Crippen molar-refractivity contribution in [1.29, 1.82) is 0 Å². The molecule has 114 valence electrons. The molecule has 2 aromatic heterocycles. The van der Waals surface area contributed by atoms with Gasteiger partial charge in [0.2, 0.25) is 0 Å². The Balaban J connectivity index is 1.82. The van der Waals surface area contributed by atoms with Crippen molar-refractivity contribution in [1.82, 2.24) is 9.97 Å². The Hall–Kier alpha value is -2.18. The minimum Gasteiger partial charge on any atom is -0.306 e. The van der Waals surface area contributed by atoms with Gasteiger partial charge in [-0.25, -0.2) is 9.97 Å². The van der Waals surface area contributed by atoms with Crippen LogP contribution in [0.15, 0.2) is 81.4 Å². The Labute approximate surface area is 146 Å². The maximum Gasteiger partial charge on any atom is 0.259 e. The van der Waals surface area contributed by atoms with Crippen LogP contribution in [-0.4, -0.2) is 15.9 Å². The largest absolute Gasteiger partial charge is 0.306 e. The smallest absolute Gasteiger partial charge is 0.259 e. The number of nitrogens with one attached hydrogen (secondary N) is 1. The number of carbonyl (C=O) groups is 1. The number of pyridine rings is 2. The van der Waals surface area contributed by atoms with Gasteiger partial charge >= 0.3 is 0 Å². The van der Waals surface area contributed by atoms with Crippen LogP contribution in [0.2, 0.25) is 0 Å². The van der Waals surface area contributed by atoms with E-state index in [2.05, 4.69) is 31.2 Å². The van der Waals surface area contributed by atoms with Crippen LogP contribution in [0.5, 0.6) is 0 Å². The molecular formula is C17H12BrN3OS. The lowest BCUT2D eigenvalue weighted by molar-refractivity contribution is 0.102. The number of benzene rings is 1. The third-order valence-electron chi connectivity index (χ3n) is 2.94. The quantitative estimate of drug-likeness (QED) is 0.710. The van der Waals surface area contributed by atoms with Gasteiger partial charge in [0.1, 0.15) is 10.8 Å². The molecule has 0 aliphatic rings. The van der Waals surface area contributed by atoms with Gasteiger partial charge in [-0.3, -0.25) is 4.79 Å². The molecule has 0 radical (unpaired) electrons. The van der Waals surface area contributed by atoms with Gasteiger partial charge in [0.25, 0.3) is 5.91 Å². The summed E-state index contributed by atoms with van der Waals surface area (Å²) < 4.78 is 0.859. The van der Waals surface area contributed by atoms with Gasteiger partial charge in [0.15, 0.2) is 0 Å².